The summed E-state index contributed by atoms with van der Waals surface area (Å²) in [6.07, 6.45) is 5.48. The largest absolute Gasteiger partial charge is 0.313 e. The number of sulfonamides is 1. The second-order valence-corrected chi connectivity index (χ2v) is 5.39. The van der Waals surface area contributed by atoms with Crippen molar-refractivity contribution in [2.24, 2.45) is 0 Å². The third-order valence-electron chi connectivity index (χ3n) is 1.95. The monoisotopic (exact) mass is 243 g/mol. The molecule has 0 aromatic carbocycles. The lowest BCUT2D eigenvalue weighted by Crippen LogP contribution is -2.26. The standard InChI is InChI=1S/C10H17N3O2S/c1-16(14,15)13-7-3-6-12-9-10-4-2-5-11-8-10/h2,4-5,8,12-13H,3,6-7,9H2,1H3. The Bertz CT molecular complexity index is 392. The first-order chi connectivity index (χ1) is 7.58. The van der Waals surface area contributed by atoms with Gasteiger partial charge in [0, 0.05) is 25.5 Å². The van der Waals surface area contributed by atoms with E-state index < -0.39 is 10.0 Å². The fourth-order valence-corrected chi connectivity index (χ4v) is 1.72. The van der Waals surface area contributed by atoms with Crippen LogP contribution in [0.2, 0.25) is 0 Å². The van der Waals surface area contributed by atoms with Crippen LogP contribution in [-0.2, 0) is 16.6 Å². The van der Waals surface area contributed by atoms with Gasteiger partial charge in [0.25, 0.3) is 0 Å². The zero-order chi connectivity index (χ0) is 11.9. The predicted octanol–water partition coefficient (Wildman–Crippen LogP) is 0.111. The van der Waals surface area contributed by atoms with Crippen LogP contribution in [0.4, 0.5) is 0 Å². The van der Waals surface area contributed by atoms with Crippen LogP contribution >= 0.6 is 0 Å². The smallest absolute Gasteiger partial charge is 0.208 e. The van der Waals surface area contributed by atoms with Gasteiger partial charge in [-0.05, 0) is 24.6 Å². The summed E-state index contributed by atoms with van der Waals surface area (Å²) in [6.45, 7) is 2.00. The normalized spacial score (nSPS) is 11.6. The molecule has 0 bridgehead atoms. The molecule has 0 unspecified atom stereocenters. The number of pyridine rings is 1. The van der Waals surface area contributed by atoms with Gasteiger partial charge in [0.1, 0.15) is 0 Å². The quantitative estimate of drug-likeness (QED) is 0.667. The van der Waals surface area contributed by atoms with Gasteiger partial charge in [0.15, 0.2) is 0 Å². The summed E-state index contributed by atoms with van der Waals surface area (Å²) in [7, 11) is -3.05. The van der Waals surface area contributed by atoms with Crippen LogP contribution in [0, 0.1) is 0 Å². The molecule has 5 nitrogen and oxygen atoms in total. The Hall–Kier alpha value is -0.980. The van der Waals surface area contributed by atoms with Crippen molar-refractivity contribution in [3.05, 3.63) is 30.1 Å². The fourth-order valence-electron chi connectivity index (χ4n) is 1.21. The van der Waals surface area contributed by atoms with Crippen LogP contribution in [0.5, 0.6) is 0 Å². The van der Waals surface area contributed by atoms with E-state index in [0.29, 0.717) is 6.54 Å². The van der Waals surface area contributed by atoms with Crippen molar-refractivity contribution in [2.45, 2.75) is 13.0 Å². The van der Waals surface area contributed by atoms with Crippen molar-refractivity contribution in [3.8, 4) is 0 Å². The van der Waals surface area contributed by atoms with Crippen molar-refractivity contribution < 1.29 is 8.42 Å². The maximum Gasteiger partial charge on any atom is 0.208 e. The molecule has 16 heavy (non-hydrogen) atoms. The van der Waals surface area contributed by atoms with Crippen molar-refractivity contribution in [1.82, 2.24) is 15.0 Å². The van der Waals surface area contributed by atoms with Crippen molar-refractivity contribution in [1.29, 1.82) is 0 Å². The highest BCUT2D eigenvalue weighted by molar-refractivity contribution is 7.88. The van der Waals surface area contributed by atoms with E-state index in [1.165, 1.54) is 0 Å². The summed E-state index contributed by atoms with van der Waals surface area (Å²) >= 11 is 0. The molecule has 2 N–H and O–H groups in total. The van der Waals surface area contributed by atoms with Gasteiger partial charge >= 0.3 is 0 Å². The van der Waals surface area contributed by atoms with Gasteiger partial charge in [-0.2, -0.15) is 0 Å². The van der Waals surface area contributed by atoms with E-state index in [2.05, 4.69) is 15.0 Å². The van der Waals surface area contributed by atoms with Crippen molar-refractivity contribution in [2.75, 3.05) is 19.3 Å². The van der Waals surface area contributed by atoms with Crippen LogP contribution in [0.15, 0.2) is 24.5 Å². The lowest BCUT2D eigenvalue weighted by Gasteiger charge is -2.04. The average Bonchev–Trinajstić information content (AvgIpc) is 2.23. The van der Waals surface area contributed by atoms with Gasteiger partial charge in [-0.15, -0.1) is 0 Å². The van der Waals surface area contributed by atoms with Crippen molar-refractivity contribution in [3.63, 3.8) is 0 Å². The third-order valence-corrected chi connectivity index (χ3v) is 2.67. The maximum absolute atomic E-state index is 10.7. The second kappa shape index (κ2) is 6.57. The molecule has 0 spiro atoms. The Morgan fingerprint density at radius 3 is 2.81 bits per heavy atom. The minimum atomic E-state index is -3.05. The van der Waals surface area contributed by atoms with E-state index in [9.17, 15) is 8.42 Å². The van der Waals surface area contributed by atoms with Crippen molar-refractivity contribution >= 4 is 10.0 Å². The van der Waals surface area contributed by atoms with Gasteiger partial charge < -0.3 is 5.32 Å². The highest BCUT2D eigenvalue weighted by Crippen LogP contribution is 1.93. The summed E-state index contributed by atoms with van der Waals surface area (Å²) in [5.41, 5.74) is 1.12. The lowest BCUT2D eigenvalue weighted by atomic mass is 10.3. The molecule has 1 rings (SSSR count). The molecule has 1 aromatic rings. The Kier molecular flexibility index (Phi) is 5.37. The van der Waals surface area contributed by atoms with Crippen LogP contribution < -0.4 is 10.0 Å². The molecule has 1 aromatic heterocycles. The van der Waals surface area contributed by atoms with Crippen LogP contribution in [0.3, 0.4) is 0 Å². The first-order valence-electron chi connectivity index (χ1n) is 5.12. The summed E-state index contributed by atoms with van der Waals surface area (Å²) < 4.78 is 23.9. The van der Waals surface area contributed by atoms with E-state index >= 15 is 0 Å². The molecular weight excluding hydrogens is 226 g/mol. The van der Waals surface area contributed by atoms with Crippen LogP contribution in [-0.4, -0.2) is 32.7 Å². The summed E-state index contributed by atoms with van der Waals surface area (Å²) in [6, 6.07) is 3.89. The Morgan fingerprint density at radius 1 is 1.38 bits per heavy atom. The highest BCUT2D eigenvalue weighted by atomic mass is 32.2. The number of nitrogens with zero attached hydrogens (tertiary/aromatic N) is 1. The molecule has 0 amide bonds. The number of hydrogen-bond acceptors (Lipinski definition) is 4. The van der Waals surface area contributed by atoms with Crippen LogP contribution in [0.25, 0.3) is 0 Å². The summed E-state index contributed by atoms with van der Waals surface area (Å²) in [5.74, 6) is 0. The molecule has 90 valence electrons. The first kappa shape index (κ1) is 13.1. The zero-order valence-electron chi connectivity index (χ0n) is 9.31. The highest BCUT2D eigenvalue weighted by Gasteiger charge is 1.98. The zero-order valence-corrected chi connectivity index (χ0v) is 10.1. The SMILES string of the molecule is CS(=O)(=O)NCCCNCc1cccnc1. The molecule has 6 heteroatoms. The lowest BCUT2D eigenvalue weighted by molar-refractivity contribution is 0.579. The van der Waals surface area contributed by atoms with E-state index in [4.69, 9.17) is 0 Å². The minimum Gasteiger partial charge on any atom is -0.313 e. The van der Waals surface area contributed by atoms with Gasteiger partial charge in [-0.25, -0.2) is 13.1 Å². The predicted molar refractivity (Wildman–Crippen MR) is 63.4 cm³/mol. The molecule has 0 fully saturated rings. The van der Waals surface area contributed by atoms with Gasteiger partial charge in [0.2, 0.25) is 10.0 Å². The molecule has 0 saturated heterocycles. The number of rotatable bonds is 7. The molecular formula is C10H17N3O2S. The molecule has 0 aliphatic heterocycles. The fraction of sp³-hybridized carbons (Fsp3) is 0.500. The van der Waals surface area contributed by atoms with Gasteiger partial charge in [-0.1, -0.05) is 6.07 Å². The molecule has 1 heterocycles. The van der Waals surface area contributed by atoms with Crippen LogP contribution in [0.1, 0.15) is 12.0 Å². The van der Waals surface area contributed by atoms with Gasteiger partial charge in [0.05, 0.1) is 6.26 Å². The number of hydrogen-bond donors (Lipinski definition) is 2. The van der Waals surface area contributed by atoms with E-state index in [-0.39, 0.29) is 0 Å². The molecule has 0 saturated carbocycles. The Balaban J connectivity index is 2.05. The molecule has 0 atom stereocenters. The third kappa shape index (κ3) is 6.49. The van der Waals surface area contributed by atoms with E-state index in [1.807, 2.05) is 18.3 Å². The molecule has 0 aliphatic carbocycles. The van der Waals surface area contributed by atoms with E-state index in [0.717, 1.165) is 31.3 Å². The maximum atomic E-state index is 10.7. The minimum absolute atomic E-state index is 0.471. The molecule has 0 radical (unpaired) electrons. The first-order valence-corrected chi connectivity index (χ1v) is 7.01. The number of aromatic nitrogens is 1. The summed E-state index contributed by atoms with van der Waals surface area (Å²) in [4.78, 5) is 4.00. The average molecular weight is 243 g/mol. The van der Waals surface area contributed by atoms with Gasteiger partial charge in [-0.3, -0.25) is 4.98 Å². The Morgan fingerprint density at radius 2 is 2.19 bits per heavy atom. The number of nitrogens with one attached hydrogen (secondary N) is 2. The topological polar surface area (TPSA) is 71.1 Å². The van der Waals surface area contributed by atoms with E-state index in [1.54, 1.807) is 6.20 Å². The Labute approximate surface area is 96.3 Å². The molecule has 0 aliphatic rings. The second-order valence-electron chi connectivity index (χ2n) is 3.56. The summed E-state index contributed by atoms with van der Waals surface area (Å²) in [5, 5.41) is 3.21.